The Balaban J connectivity index is 1.66. The van der Waals surface area contributed by atoms with E-state index in [-0.39, 0.29) is 24.6 Å². The van der Waals surface area contributed by atoms with E-state index < -0.39 is 23.6 Å². The van der Waals surface area contributed by atoms with Crippen LogP contribution in [0.25, 0.3) is 0 Å². The van der Waals surface area contributed by atoms with Crippen LogP contribution in [0, 0.1) is 13.8 Å². The highest BCUT2D eigenvalue weighted by Crippen LogP contribution is 2.31. The summed E-state index contributed by atoms with van der Waals surface area (Å²) in [6.07, 6.45) is -2.11. The number of hydrogen-bond acceptors (Lipinski definition) is 5. The molecule has 0 saturated carbocycles. The normalized spacial score (nSPS) is 11.4. The molecule has 0 saturated heterocycles. The summed E-state index contributed by atoms with van der Waals surface area (Å²) in [5, 5.41) is 19.6. The number of aryl methyl sites for hydroxylation is 1. The number of carbonyl (C=O) groups excluding carboxylic acids is 1. The van der Waals surface area contributed by atoms with Gasteiger partial charge in [-0.25, -0.2) is 9.48 Å². The number of nitrogens with zero attached hydrogens (tertiary/aromatic N) is 4. The topological polar surface area (TPSA) is 111 Å². The van der Waals surface area contributed by atoms with E-state index in [0.29, 0.717) is 17.1 Å². The number of hydrogen-bond donors (Lipinski definition) is 2. The molecule has 0 aliphatic rings. The minimum absolute atomic E-state index is 0.0286. The van der Waals surface area contributed by atoms with Crippen molar-refractivity contribution in [2.45, 2.75) is 33.3 Å². The van der Waals surface area contributed by atoms with Gasteiger partial charge in [-0.05, 0) is 32.0 Å². The van der Waals surface area contributed by atoms with Gasteiger partial charge >= 0.3 is 12.1 Å². The average molecular weight is 437 g/mol. The van der Waals surface area contributed by atoms with Crippen molar-refractivity contribution in [3.8, 4) is 5.75 Å². The molecular formula is C19H18F3N5O4. The Morgan fingerprint density at radius 3 is 2.65 bits per heavy atom. The van der Waals surface area contributed by atoms with Crippen LogP contribution in [0.1, 0.15) is 27.3 Å². The number of amides is 1. The lowest BCUT2D eigenvalue weighted by molar-refractivity contribution is -0.137. The number of anilines is 1. The number of rotatable bonds is 7. The lowest BCUT2D eigenvalue weighted by atomic mass is 10.2. The van der Waals surface area contributed by atoms with Gasteiger partial charge in [0.2, 0.25) is 5.91 Å². The van der Waals surface area contributed by atoms with Crippen LogP contribution in [0.2, 0.25) is 0 Å². The standard InChI is InChI=1S/C19H18F3N5O4/c1-11-17(24-16(28)9-26-8-13(7-23-26)18(29)30)12(2)27(25-11)10-31-15-5-3-4-14(6-15)19(20,21)22/h3-8H,9-10H2,1-2H3,(H,24,28)(H,29,30). The van der Waals surface area contributed by atoms with Crippen molar-refractivity contribution in [1.29, 1.82) is 0 Å². The lowest BCUT2D eigenvalue weighted by Crippen LogP contribution is -2.20. The van der Waals surface area contributed by atoms with Crippen LogP contribution >= 0.6 is 0 Å². The molecule has 9 nitrogen and oxygen atoms in total. The van der Waals surface area contributed by atoms with E-state index in [1.807, 2.05) is 0 Å². The molecule has 0 unspecified atom stereocenters. The monoisotopic (exact) mass is 437 g/mol. The van der Waals surface area contributed by atoms with Gasteiger partial charge in [-0.2, -0.15) is 23.4 Å². The van der Waals surface area contributed by atoms with Gasteiger partial charge in [0, 0.05) is 6.20 Å². The number of aromatic nitrogens is 4. The molecule has 0 fully saturated rings. The Morgan fingerprint density at radius 2 is 2.00 bits per heavy atom. The summed E-state index contributed by atoms with van der Waals surface area (Å²) in [5.41, 5.74) is 0.564. The number of aromatic carboxylic acids is 1. The molecule has 0 atom stereocenters. The number of carboxylic acid groups (broad SMARTS) is 1. The molecule has 31 heavy (non-hydrogen) atoms. The first-order valence-electron chi connectivity index (χ1n) is 8.94. The number of alkyl halides is 3. The fraction of sp³-hybridized carbons (Fsp3) is 0.263. The molecule has 0 spiro atoms. The van der Waals surface area contributed by atoms with E-state index >= 15 is 0 Å². The number of carbonyl (C=O) groups is 2. The predicted molar refractivity (Wildman–Crippen MR) is 102 cm³/mol. The molecule has 3 aromatic rings. The number of halogens is 3. The second-order valence-electron chi connectivity index (χ2n) is 6.62. The van der Waals surface area contributed by atoms with E-state index in [4.69, 9.17) is 9.84 Å². The van der Waals surface area contributed by atoms with Crippen LogP contribution in [0.15, 0.2) is 36.7 Å². The maximum Gasteiger partial charge on any atom is 0.416 e. The molecule has 2 heterocycles. The van der Waals surface area contributed by atoms with Gasteiger partial charge in [0.25, 0.3) is 0 Å². The Hall–Kier alpha value is -3.83. The van der Waals surface area contributed by atoms with Gasteiger partial charge in [0.15, 0.2) is 6.73 Å². The van der Waals surface area contributed by atoms with Crippen LogP contribution in [0.3, 0.4) is 0 Å². The first kappa shape index (κ1) is 21.9. The fourth-order valence-electron chi connectivity index (χ4n) is 2.79. The SMILES string of the molecule is Cc1nn(COc2cccc(C(F)(F)F)c2)c(C)c1NC(=O)Cn1cc(C(=O)O)cn1. The average Bonchev–Trinajstić information content (AvgIpc) is 3.26. The summed E-state index contributed by atoms with van der Waals surface area (Å²) in [4.78, 5) is 23.2. The van der Waals surface area contributed by atoms with E-state index in [1.165, 1.54) is 27.7 Å². The number of benzene rings is 1. The van der Waals surface area contributed by atoms with Crippen molar-refractivity contribution in [1.82, 2.24) is 19.6 Å². The van der Waals surface area contributed by atoms with Crippen molar-refractivity contribution in [2.75, 3.05) is 5.32 Å². The third kappa shape index (κ3) is 5.21. The van der Waals surface area contributed by atoms with Gasteiger partial charge in [-0.3, -0.25) is 9.48 Å². The molecule has 164 valence electrons. The highest BCUT2D eigenvalue weighted by molar-refractivity contribution is 5.92. The highest BCUT2D eigenvalue weighted by Gasteiger charge is 2.30. The van der Waals surface area contributed by atoms with Crippen LogP contribution in [0.5, 0.6) is 5.75 Å². The Bertz CT molecular complexity index is 1120. The molecule has 0 aliphatic heterocycles. The maximum absolute atomic E-state index is 12.8. The van der Waals surface area contributed by atoms with E-state index in [1.54, 1.807) is 13.8 Å². The third-order valence-corrected chi connectivity index (χ3v) is 4.35. The molecule has 3 rings (SSSR count). The Kier molecular flexibility index (Phi) is 5.99. The summed E-state index contributed by atoms with van der Waals surface area (Å²) >= 11 is 0. The number of ether oxygens (including phenoxy) is 1. The first-order valence-corrected chi connectivity index (χ1v) is 8.94. The number of carboxylic acids is 1. The lowest BCUT2D eigenvalue weighted by Gasteiger charge is -2.11. The zero-order valence-corrected chi connectivity index (χ0v) is 16.5. The maximum atomic E-state index is 12.8. The quantitative estimate of drug-likeness (QED) is 0.588. The van der Waals surface area contributed by atoms with Crippen molar-refractivity contribution >= 4 is 17.6 Å². The summed E-state index contributed by atoms with van der Waals surface area (Å²) < 4.78 is 46.5. The molecule has 0 bridgehead atoms. The zero-order valence-electron chi connectivity index (χ0n) is 16.5. The van der Waals surface area contributed by atoms with E-state index in [9.17, 15) is 22.8 Å². The van der Waals surface area contributed by atoms with Crippen molar-refractivity contribution in [3.63, 3.8) is 0 Å². The smallest absolute Gasteiger partial charge is 0.416 e. The largest absolute Gasteiger partial charge is 0.478 e. The number of nitrogens with one attached hydrogen (secondary N) is 1. The summed E-state index contributed by atoms with van der Waals surface area (Å²) in [7, 11) is 0. The second-order valence-corrected chi connectivity index (χ2v) is 6.62. The predicted octanol–water partition coefficient (Wildman–Crippen LogP) is 3.09. The summed E-state index contributed by atoms with van der Waals surface area (Å²) in [5.74, 6) is -1.58. The van der Waals surface area contributed by atoms with Gasteiger partial charge in [0.05, 0.1) is 34.4 Å². The van der Waals surface area contributed by atoms with Crippen LogP contribution in [0.4, 0.5) is 18.9 Å². The van der Waals surface area contributed by atoms with Crippen LogP contribution in [-0.4, -0.2) is 36.5 Å². The molecule has 2 N–H and O–H groups in total. The van der Waals surface area contributed by atoms with Crippen molar-refractivity contribution in [2.24, 2.45) is 0 Å². The highest BCUT2D eigenvalue weighted by atomic mass is 19.4. The summed E-state index contributed by atoms with van der Waals surface area (Å²) in [6, 6.07) is 4.49. The third-order valence-electron chi connectivity index (χ3n) is 4.35. The van der Waals surface area contributed by atoms with Gasteiger partial charge < -0.3 is 15.2 Å². The molecule has 12 heteroatoms. The molecule has 1 aromatic carbocycles. The second kappa shape index (κ2) is 8.50. The molecule has 1 amide bonds. The molecule has 2 aromatic heterocycles. The minimum atomic E-state index is -4.48. The molecule has 0 radical (unpaired) electrons. The van der Waals surface area contributed by atoms with Gasteiger partial charge in [0.1, 0.15) is 12.3 Å². The van der Waals surface area contributed by atoms with E-state index in [0.717, 1.165) is 18.3 Å². The van der Waals surface area contributed by atoms with E-state index in [2.05, 4.69) is 15.5 Å². The van der Waals surface area contributed by atoms with Gasteiger partial charge in [-0.15, -0.1) is 0 Å². The van der Waals surface area contributed by atoms with Crippen LogP contribution in [-0.2, 0) is 24.2 Å². The van der Waals surface area contributed by atoms with Crippen molar-refractivity contribution < 1.29 is 32.6 Å². The van der Waals surface area contributed by atoms with Crippen molar-refractivity contribution in [3.05, 3.63) is 59.2 Å². The summed E-state index contributed by atoms with van der Waals surface area (Å²) in [6.45, 7) is 2.95. The Morgan fingerprint density at radius 1 is 1.26 bits per heavy atom. The molecule has 0 aliphatic carbocycles. The first-order chi connectivity index (χ1) is 14.5. The van der Waals surface area contributed by atoms with Crippen LogP contribution < -0.4 is 10.1 Å². The zero-order chi connectivity index (χ0) is 22.8. The minimum Gasteiger partial charge on any atom is -0.478 e. The van der Waals surface area contributed by atoms with Gasteiger partial charge in [-0.1, -0.05) is 6.07 Å². The molecular weight excluding hydrogens is 419 g/mol. The fourth-order valence-corrected chi connectivity index (χ4v) is 2.79. The Labute approximate surface area is 174 Å².